The molecule has 1 aliphatic carbocycles. The SMILES string of the molecule is COc1cc(/C=C/C(=O)O[C@H]2[C@@H]3C=CO[C@@H](O[C@@H]4O[C@H](CO)[C@@H](O)[C@H](O)[C@H]4O)[C@@H]3[C@@]3(CO)O[C@@H]23)ccc1O. The van der Waals surface area contributed by atoms with Crippen molar-refractivity contribution in [1.29, 1.82) is 0 Å². The topological polar surface area (TPSA) is 197 Å². The largest absolute Gasteiger partial charge is 0.504 e. The Morgan fingerprint density at radius 1 is 1.13 bits per heavy atom. The Morgan fingerprint density at radius 2 is 1.92 bits per heavy atom. The Labute approximate surface area is 217 Å². The molecule has 1 saturated carbocycles. The molecule has 3 heterocycles. The Balaban J connectivity index is 1.29. The maximum atomic E-state index is 12.7. The number of esters is 1. The van der Waals surface area contributed by atoms with Crippen LogP contribution in [-0.4, -0.2) is 112 Å². The average Bonchev–Trinajstić information content (AvgIpc) is 3.60. The highest BCUT2D eigenvalue weighted by Crippen LogP contribution is 2.60. The van der Waals surface area contributed by atoms with Gasteiger partial charge in [0, 0.05) is 12.0 Å². The van der Waals surface area contributed by atoms with E-state index in [4.69, 9.17) is 28.4 Å². The molecule has 0 aromatic heterocycles. The van der Waals surface area contributed by atoms with Gasteiger partial charge >= 0.3 is 5.97 Å². The van der Waals surface area contributed by atoms with Crippen LogP contribution in [0.4, 0.5) is 0 Å². The number of epoxide rings is 1. The number of phenols is 1. The summed E-state index contributed by atoms with van der Waals surface area (Å²) in [6.45, 7) is -1.06. The van der Waals surface area contributed by atoms with E-state index in [0.29, 0.717) is 5.56 Å². The molecule has 11 atom stereocenters. The summed E-state index contributed by atoms with van der Waals surface area (Å²) in [6, 6.07) is 4.57. The Kier molecular flexibility index (Phi) is 7.37. The number of ether oxygens (including phenoxy) is 6. The molecule has 1 aromatic rings. The highest BCUT2D eigenvalue weighted by atomic mass is 16.8. The zero-order valence-corrected chi connectivity index (χ0v) is 20.3. The van der Waals surface area contributed by atoms with E-state index < -0.39 is 85.8 Å². The molecule has 3 aliphatic heterocycles. The van der Waals surface area contributed by atoms with Crippen molar-refractivity contribution in [1.82, 2.24) is 0 Å². The van der Waals surface area contributed by atoms with Gasteiger partial charge in [-0.05, 0) is 29.8 Å². The molecule has 38 heavy (non-hydrogen) atoms. The lowest BCUT2D eigenvalue weighted by atomic mass is 9.85. The van der Waals surface area contributed by atoms with Gasteiger partial charge in [0.15, 0.2) is 17.8 Å². The second-order valence-corrected chi connectivity index (χ2v) is 9.59. The lowest BCUT2D eigenvalue weighted by Crippen LogP contribution is -2.60. The van der Waals surface area contributed by atoms with Crippen LogP contribution in [0.1, 0.15) is 5.56 Å². The summed E-state index contributed by atoms with van der Waals surface area (Å²) in [6.07, 6.45) is -4.38. The van der Waals surface area contributed by atoms with Crippen molar-refractivity contribution in [3.8, 4) is 11.5 Å². The predicted molar refractivity (Wildman–Crippen MR) is 124 cm³/mol. The Bertz CT molecular complexity index is 1090. The second kappa shape index (κ2) is 10.4. The monoisotopic (exact) mass is 538 g/mol. The zero-order valence-electron chi connectivity index (χ0n) is 20.3. The van der Waals surface area contributed by atoms with Gasteiger partial charge in [-0.25, -0.2) is 4.79 Å². The van der Waals surface area contributed by atoms with Crippen molar-refractivity contribution in [2.75, 3.05) is 20.3 Å². The number of rotatable bonds is 8. The van der Waals surface area contributed by atoms with E-state index in [1.54, 1.807) is 18.2 Å². The molecule has 0 spiro atoms. The van der Waals surface area contributed by atoms with E-state index in [0.717, 1.165) is 0 Å². The first-order valence-electron chi connectivity index (χ1n) is 12.1. The summed E-state index contributed by atoms with van der Waals surface area (Å²) in [5, 5.41) is 59.8. The minimum atomic E-state index is -1.65. The maximum Gasteiger partial charge on any atom is 0.331 e. The minimum Gasteiger partial charge on any atom is -0.504 e. The van der Waals surface area contributed by atoms with Crippen LogP contribution in [0, 0.1) is 11.8 Å². The van der Waals surface area contributed by atoms with Crippen molar-refractivity contribution < 1.29 is 63.9 Å². The number of aromatic hydroxyl groups is 1. The first-order valence-corrected chi connectivity index (χ1v) is 12.1. The van der Waals surface area contributed by atoms with Gasteiger partial charge in [-0.2, -0.15) is 0 Å². The van der Waals surface area contributed by atoms with Crippen LogP contribution < -0.4 is 4.74 Å². The molecule has 0 bridgehead atoms. The number of carbonyl (C=O) groups excluding carboxylic acids is 1. The number of hydrogen-bond donors (Lipinski definition) is 6. The van der Waals surface area contributed by atoms with Crippen LogP contribution in [0.3, 0.4) is 0 Å². The molecule has 5 rings (SSSR count). The van der Waals surface area contributed by atoms with Gasteiger partial charge in [0.05, 0.1) is 32.5 Å². The fraction of sp³-hybridized carbons (Fsp3) is 0.560. The fourth-order valence-electron chi connectivity index (χ4n) is 5.42. The molecular formula is C25H30O13. The highest BCUT2D eigenvalue weighted by molar-refractivity contribution is 5.87. The highest BCUT2D eigenvalue weighted by Gasteiger charge is 2.77. The van der Waals surface area contributed by atoms with Gasteiger partial charge in [-0.3, -0.25) is 0 Å². The van der Waals surface area contributed by atoms with Crippen LogP contribution in [-0.2, 0) is 28.5 Å². The fourth-order valence-corrected chi connectivity index (χ4v) is 5.42. The van der Waals surface area contributed by atoms with Gasteiger partial charge in [0.2, 0.25) is 6.29 Å². The zero-order chi connectivity index (χ0) is 27.2. The molecule has 2 saturated heterocycles. The number of carbonyl (C=O) groups is 1. The van der Waals surface area contributed by atoms with Gasteiger partial charge in [-0.15, -0.1) is 0 Å². The molecule has 13 heteroatoms. The van der Waals surface area contributed by atoms with Crippen molar-refractivity contribution in [3.63, 3.8) is 0 Å². The first-order chi connectivity index (χ1) is 18.2. The second-order valence-electron chi connectivity index (χ2n) is 9.59. The lowest BCUT2D eigenvalue weighted by molar-refractivity contribution is -0.344. The van der Waals surface area contributed by atoms with Crippen molar-refractivity contribution in [2.24, 2.45) is 11.8 Å². The average molecular weight is 539 g/mol. The predicted octanol–water partition coefficient (Wildman–Crippen LogP) is -1.61. The number of fused-ring (bicyclic) bond motifs is 3. The van der Waals surface area contributed by atoms with Crippen molar-refractivity contribution in [3.05, 3.63) is 42.2 Å². The number of phenolic OH excluding ortho intramolecular Hbond substituents is 1. The van der Waals surface area contributed by atoms with Crippen LogP contribution >= 0.6 is 0 Å². The number of hydrogen-bond acceptors (Lipinski definition) is 13. The molecule has 208 valence electrons. The molecule has 13 nitrogen and oxygen atoms in total. The molecule has 0 unspecified atom stereocenters. The smallest absolute Gasteiger partial charge is 0.331 e. The molecule has 6 N–H and O–H groups in total. The molecule has 3 fully saturated rings. The summed E-state index contributed by atoms with van der Waals surface area (Å²) >= 11 is 0. The van der Waals surface area contributed by atoms with E-state index in [-0.39, 0.29) is 11.5 Å². The summed E-state index contributed by atoms with van der Waals surface area (Å²) < 4.78 is 33.4. The maximum absolute atomic E-state index is 12.7. The van der Waals surface area contributed by atoms with E-state index in [1.807, 2.05) is 0 Å². The van der Waals surface area contributed by atoms with Gasteiger partial charge in [0.1, 0.15) is 42.2 Å². The van der Waals surface area contributed by atoms with E-state index in [9.17, 15) is 35.4 Å². The summed E-state index contributed by atoms with van der Waals surface area (Å²) in [5.41, 5.74) is -0.556. The molecule has 0 amide bonds. The van der Waals surface area contributed by atoms with E-state index in [2.05, 4.69) is 0 Å². The van der Waals surface area contributed by atoms with Crippen molar-refractivity contribution >= 4 is 12.0 Å². The molecule has 4 aliphatic rings. The number of aliphatic hydroxyl groups is 5. The summed E-state index contributed by atoms with van der Waals surface area (Å²) in [5.74, 6) is -1.64. The van der Waals surface area contributed by atoms with Crippen LogP contribution in [0.15, 0.2) is 36.6 Å². The molecule has 0 radical (unpaired) electrons. The van der Waals surface area contributed by atoms with Crippen molar-refractivity contribution in [2.45, 2.75) is 54.8 Å². The lowest BCUT2D eigenvalue weighted by Gasteiger charge is -2.43. The van der Waals surface area contributed by atoms with Crippen LogP contribution in [0.5, 0.6) is 11.5 Å². The summed E-state index contributed by atoms with van der Waals surface area (Å²) in [4.78, 5) is 12.7. The summed E-state index contributed by atoms with van der Waals surface area (Å²) in [7, 11) is 1.41. The Morgan fingerprint density at radius 3 is 2.63 bits per heavy atom. The number of aliphatic hydroxyl groups excluding tert-OH is 5. The van der Waals surface area contributed by atoms with Crippen LogP contribution in [0.2, 0.25) is 0 Å². The third-order valence-corrected chi connectivity index (χ3v) is 7.47. The van der Waals surface area contributed by atoms with Gasteiger partial charge in [-0.1, -0.05) is 6.07 Å². The van der Waals surface area contributed by atoms with E-state index in [1.165, 1.54) is 31.6 Å². The quantitative estimate of drug-likeness (QED) is 0.126. The van der Waals surface area contributed by atoms with Crippen LogP contribution in [0.25, 0.3) is 6.08 Å². The van der Waals surface area contributed by atoms with Gasteiger partial charge in [0.25, 0.3) is 0 Å². The third-order valence-electron chi connectivity index (χ3n) is 7.47. The molecular weight excluding hydrogens is 508 g/mol. The molecule has 1 aromatic carbocycles. The normalized spacial score (nSPS) is 41.3. The van der Waals surface area contributed by atoms with Gasteiger partial charge < -0.3 is 59.1 Å². The van der Waals surface area contributed by atoms with E-state index >= 15 is 0 Å². The Hall–Kier alpha value is -2.75. The standard InChI is InChI=1S/C25H30O13/c1-33-14-8-11(2-4-13(14)28)3-5-16(29)36-21-12-6-7-34-23(17(12)25(10-27)22(21)38-25)37-24-20(32)19(31)18(30)15(9-26)35-24/h2-8,12,15,17-24,26-28,30-32H,9-10H2,1H3/b5-3+/t12-,15-,17-,18-,19+,20-,21+,22+,23+,24+,25-/m1/s1. The minimum absolute atomic E-state index is 0.0396. The number of benzene rings is 1. The first kappa shape index (κ1) is 26.8. The third kappa shape index (κ3) is 4.54. The number of methoxy groups -OCH3 is 1.